The molecule has 124 valence electrons. The molecule has 0 fully saturated rings. The Morgan fingerprint density at radius 1 is 1.00 bits per heavy atom. The molecule has 0 saturated carbocycles. The van der Waals surface area contributed by atoms with E-state index in [1.54, 1.807) is 6.92 Å². The lowest BCUT2D eigenvalue weighted by atomic mass is 10.2. The molecule has 5 heteroatoms. The van der Waals surface area contributed by atoms with E-state index in [2.05, 4.69) is 13.8 Å². The zero-order valence-corrected chi connectivity index (χ0v) is 15.0. The first-order valence-electron chi connectivity index (χ1n) is 8.24. The van der Waals surface area contributed by atoms with E-state index in [4.69, 9.17) is 9.47 Å². The van der Waals surface area contributed by atoms with Gasteiger partial charge in [-0.25, -0.2) is 0 Å². The van der Waals surface area contributed by atoms with E-state index in [9.17, 15) is 9.36 Å². The lowest BCUT2D eigenvalue weighted by Crippen LogP contribution is -2.19. The lowest BCUT2D eigenvalue weighted by Gasteiger charge is -2.09. The van der Waals surface area contributed by atoms with Crippen LogP contribution in [0, 0.1) is 5.92 Å². The molecule has 0 heterocycles. The Labute approximate surface area is 130 Å². The molecule has 4 nitrogen and oxygen atoms in total. The molecule has 0 aliphatic rings. The topological polar surface area (TPSA) is 52.6 Å². The van der Waals surface area contributed by atoms with Gasteiger partial charge >= 0.3 is 13.8 Å². The van der Waals surface area contributed by atoms with E-state index in [1.807, 2.05) is 6.92 Å². The van der Waals surface area contributed by atoms with Crippen LogP contribution in [0.5, 0.6) is 0 Å². The molecular weight excluding hydrogens is 287 g/mol. The smallest absolute Gasteiger partial charge is 0.370 e. The Bertz CT molecular complexity index is 294. The van der Waals surface area contributed by atoms with Gasteiger partial charge in [0.15, 0.2) is 6.16 Å². The molecule has 0 amide bonds. The molecule has 0 radical (unpaired) electrons. The second kappa shape index (κ2) is 13.2. The molecule has 0 N–H and O–H groups in total. The number of rotatable bonds is 13. The summed E-state index contributed by atoms with van der Waals surface area (Å²) in [5.74, 6) is -0.850. The highest BCUT2D eigenvalue weighted by atomic mass is 31.1. The maximum Gasteiger partial charge on any atom is 0.370 e. The van der Waals surface area contributed by atoms with Crippen LogP contribution in [0.3, 0.4) is 0 Å². The normalized spacial score (nSPS) is 14.6. The van der Waals surface area contributed by atoms with Gasteiger partial charge in [-0.3, -0.25) is 4.79 Å². The van der Waals surface area contributed by atoms with E-state index in [0.717, 1.165) is 38.5 Å². The Hall–Kier alpha value is -0.470. The highest BCUT2D eigenvalue weighted by Crippen LogP contribution is 2.31. The minimum absolute atomic E-state index is 0.243. The van der Waals surface area contributed by atoms with Crippen molar-refractivity contribution in [2.45, 2.75) is 72.1 Å². The molecule has 0 aromatic rings. The van der Waals surface area contributed by atoms with Crippen LogP contribution in [0.2, 0.25) is 0 Å². The van der Waals surface area contributed by atoms with Crippen molar-refractivity contribution in [3.63, 3.8) is 0 Å². The number of hydrogen-bond donors (Lipinski definition) is 0. The SMILES string of the molecule is CCCCCOC(=O)C(C)C[P+](=O)C(C)OCCCCC. The third-order valence-electron chi connectivity index (χ3n) is 3.36. The number of esters is 1. The minimum atomic E-state index is -1.53. The number of carbonyl (C=O) groups excluding carboxylic acids is 1. The van der Waals surface area contributed by atoms with Crippen LogP contribution < -0.4 is 0 Å². The first-order chi connectivity index (χ1) is 10.0. The van der Waals surface area contributed by atoms with Crippen LogP contribution in [0.25, 0.3) is 0 Å². The molecule has 0 aromatic carbocycles. The van der Waals surface area contributed by atoms with Gasteiger partial charge in [0.05, 0.1) is 19.1 Å². The maximum atomic E-state index is 12.1. The van der Waals surface area contributed by atoms with E-state index in [1.165, 1.54) is 0 Å². The third-order valence-corrected chi connectivity index (χ3v) is 5.23. The average molecular weight is 319 g/mol. The minimum Gasteiger partial charge on any atom is -0.465 e. The zero-order valence-electron chi connectivity index (χ0n) is 14.1. The maximum absolute atomic E-state index is 12.1. The first kappa shape index (κ1) is 20.5. The molecule has 21 heavy (non-hydrogen) atoms. The molecule has 0 bridgehead atoms. The summed E-state index contributed by atoms with van der Waals surface area (Å²) in [5, 5.41) is 0. The van der Waals surface area contributed by atoms with Crippen molar-refractivity contribution in [2.75, 3.05) is 19.4 Å². The highest BCUT2D eigenvalue weighted by molar-refractivity contribution is 7.45. The van der Waals surface area contributed by atoms with Crippen LogP contribution in [0.15, 0.2) is 0 Å². The third kappa shape index (κ3) is 10.8. The summed E-state index contributed by atoms with van der Waals surface area (Å²) in [6.07, 6.45) is 6.69. The van der Waals surface area contributed by atoms with Crippen molar-refractivity contribution in [1.29, 1.82) is 0 Å². The van der Waals surface area contributed by atoms with E-state index in [0.29, 0.717) is 19.4 Å². The van der Waals surface area contributed by atoms with Gasteiger partial charge in [0.2, 0.25) is 0 Å². The van der Waals surface area contributed by atoms with Crippen LogP contribution >= 0.6 is 7.80 Å². The van der Waals surface area contributed by atoms with Crippen LogP contribution in [0.4, 0.5) is 0 Å². The summed E-state index contributed by atoms with van der Waals surface area (Å²) in [5.41, 5.74) is 0. The highest BCUT2D eigenvalue weighted by Gasteiger charge is 2.32. The fourth-order valence-corrected chi connectivity index (χ4v) is 3.11. The van der Waals surface area contributed by atoms with Crippen LogP contribution in [-0.2, 0) is 18.8 Å². The number of carbonyl (C=O) groups is 1. The molecule has 0 aromatic heterocycles. The van der Waals surface area contributed by atoms with Crippen molar-refractivity contribution in [3.05, 3.63) is 0 Å². The molecule has 0 aliphatic heterocycles. The van der Waals surface area contributed by atoms with Crippen LogP contribution in [0.1, 0.15) is 66.2 Å². The average Bonchev–Trinajstić information content (AvgIpc) is 2.47. The Morgan fingerprint density at radius 3 is 2.14 bits per heavy atom. The molecule has 0 rings (SSSR count). The van der Waals surface area contributed by atoms with Gasteiger partial charge in [0, 0.05) is 6.92 Å². The Kier molecular flexibility index (Phi) is 12.9. The fraction of sp³-hybridized carbons (Fsp3) is 0.938. The molecule has 3 atom stereocenters. The molecule has 0 spiro atoms. The van der Waals surface area contributed by atoms with E-state index >= 15 is 0 Å². The lowest BCUT2D eigenvalue weighted by molar-refractivity contribution is -0.147. The van der Waals surface area contributed by atoms with Gasteiger partial charge in [-0.05, 0) is 19.8 Å². The number of hydrogen-bond acceptors (Lipinski definition) is 4. The second-order valence-electron chi connectivity index (χ2n) is 5.55. The zero-order chi connectivity index (χ0) is 16.1. The largest absolute Gasteiger partial charge is 0.465 e. The Morgan fingerprint density at radius 2 is 1.57 bits per heavy atom. The van der Waals surface area contributed by atoms with Gasteiger partial charge < -0.3 is 9.47 Å². The molecule has 3 unspecified atom stereocenters. The van der Waals surface area contributed by atoms with Gasteiger partial charge in [-0.1, -0.05) is 44.1 Å². The Balaban J connectivity index is 3.87. The molecular formula is C16H32O4P+. The summed E-state index contributed by atoms with van der Waals surface area (Å²) < 4.78 is 22.9. The molecule has 0 saturated heterocycles. The standard InChI is InChI=1S/C16H32O4P/c1-5-7-9-11-19-15(4)21(18)13-14(3)16(17)20-12-10-8-6-2/h14-15H,5-13H2,1-4H3/q+1. The van der Waals surface area contributed by atoms with Crippen LogP contribution in [-0.4, -0.2) is 31.2 Å². The van der Waals surface area contributed by atoms with Gasteiger partial charge in [0.1, 0.15) is 0 Å². The molecule has 0 aliphatic carbocycles. The summed E-state index contributed by atoms with van der Waals surface area (Å²) in [6.45, 7) is 8.96. The van der Waals surface area contributed by atoms with E-state index < -0.39 is 7.80 Å². The summed E-state index contributed by atoms with van der Waals surface area (Å²) >= 11 is 0. The van der Waals surface area contributed by atoms with Gasteiger partial charge in [0.25, 0.3) is 5.85 Å². The quantitative estimate of drug-likeness (QED) is 0.279. The van der Waals surface area contributed by atoms with Gasteiger partial charge in [-0.15, -0.1) is 0 Å². The predicted octanol–water partition coefficient (Wildman–Crippen LogP) is 4.74. The van der Waals surface area contributed by atoms with Crippen molar-refractivity contribution >= 4 is 13.8 Å². The summed E-state index contributed by atoms with van der Waals surface area (Å²) in [7, 11) is -1.53. The van der Waals surface area contributed by atoms with Crippen molar-refractivity contribution in [3.8, 4) is 0 Å². The van der Waals surface area contributed by atoms with E-state index in [-0.39, 0.29) is 17.7 Å². The predicted molar refractivity (Wildman–Crippen MR) is 87.1 cm³/mol. The first-order valence-corrected chi connectivity index (χ1v) is 9.76. The van der Waals surface area contributed by atoms with Crippen molar-refractivity contribution in [2.24, 2.45) is 5.92 Å². The monoisotopic (exact) mass is 319 g/mol. The second-order valence-corrected chi connectivity index (χ2v) is 7.48. The number of ether oxygens (including phenoxy) is 2. The fourth-order valence-electron chi connectivity index (χ4n) is 1.85. The van der Waals surface area contributed by atoms with Crippen molar-refractivity contribution in [1.82, 2.24) is 0 Å². The summed E-state index contributed by atoms with van der Waals surface area (Å²) in [6, 6.07) is 0. The van der Waals surface area contributed by atoms with Crippen molar-refractivity contribution < 1.29 is 18.8 Å². The summed E-state index contributed by atoms with van der Waals surface area (Å²) in [4.78, 5) is 11.8. The van der Waals surface area contributed by atoms with Gasteiger partial charge in [-0.2, -0.15) is 0 Å². The number of unbranched alkanes of at least 4 members (excludes halogenated alkanes) is 4.